The van der Waals surface area contributed by atoms with Crippen LogP contribution in [0.25, 0.3) is 0 Å². The number of likely N-dealkylation sites (tertiary alicyclic amines) is 1. The zero-order valence-corrected chi connectivity index (χ0v) is 7.61. The number of hydrogen-bond donors (Lipinski definition) is 1. The molecule has 0 aliphatic carbocycles. The molecule has 1 aliphatic rings. The van der Waals surface area contributed by atoms with Gasteiger partial charge < -0.3 is 9.08 Å². The third kappa shape index (κ3) is 2.61. The van der Waals surface area contributed by atoms with Crippen molar-refractivity contribution in [2.75, 3.05) is 26.7 Å². The Labute approximate surface area is 72.3 Å². The molecule has 66 valence electrons. The van der Waals surface area contributed by atoms with Crippen molar-refractivity contribution in [3.8, 4) is 0 Å². The number of thiol groups is 1. The second-order valence-corrected chi connectivity index (χ2v) is 3.52. The van der Waals surface area contributed by atoms with E-state index >= 15 is 0 Å². The van der Waals surface area contributed by atoms with Crippen LogP contribution in [0.1, 0.15) is 12.8 Å². The number of nitrogens with zero attached hydrogens (tertiary/aromatic N) is 1. The van der Waals surface area contributed by atoms with Gasteiger partial charge in [0.05, 0.1) is 6.61 Å². The normalized spacial score (nSPS) is 34.1. The van der Waals surface area contributed by atoms with Gasteiger partial charge in [-0.2, -0.15) is 0 Å². The molecular formula is C7H14FNOS. The van der Waals surface area contributed by atoms with Gasteiger partial charge >= 0.3 is 0 Å². The predicted octanol–water partition coefficient (Wildman–Crippen LogP) is 1.28. The fourth-order valence-corrected chi connectivity index (χ4v) is 1.77. The van der Waals surface area contributed by atoms with E-state index in [1.807, 2.05) is 11.9 Å². The first-order chi connectivity index (χ1) is 5.16. The molecular weight excluding hydrogens is 165 g/mol. The van der Waals surface area contributed by atoms with Crippen molar-refractivity contribution >= 4 is 12.9 Å². The van der Waals surface area contributed by atoms with Gasteiger partial charge in [0.2, 0.25) is 0 Å². The van der Waals surface area contributed by atoms with E-state index in [0.717, 1.165) is 13.0 Å². The second-order valence-electron chi connectivity index (χ2n) is 3.27. The van der Waals surface area contributed by atoms with Crippen LogP contribution in [-0.4, -0.2) is 37.3 Å². The summed E-state index contributed by atoms with van der Waals surface area (Å²) in [6, 6.07) is 0. The molecule has 0 amide bonds. The summed E-state index contributed by atoms with van der Waals surface area (Å²) < 4.78 is 18.1. The number of piperidine rings is 1. The van der Waals surface area contributed by atoms with E-state index in [9.17, 15) is 4.39 Å². The topological polar surface area (TPSA) is 12.5 Å². The first-order valence-electron chi connectivity index (χ1n) is 3.80. The molecule has 1 saturated heterocycles. The lowest BCUT2D eigenvalue weighted by molar-refractivity contribution is 0.0234. The Hall–Kier alpha value is 0.200. The molecule has 0 N–H and O–H groups in total. The highest BCUT2D eigenvalue weighted by atomic mass is 32.1. The van der Waals surface area contributed by atoms with Gasteiger partial charge in [0.1, 0.15) is 5.67 Å². The van der Waals surface area contributed by atoms with Gasteiger partial charge in [-0.05, 0) is 39.3 Å². The van der Waals surface area contributed by atoms with E-state index < -0.39 is 5.67 Å². The van der Waals surface area contributed by atoms with Gasteiger partial charge in [0.15, 0.2) is 0 Å². The molecule has 1 atom stereocenters. The molecule has 0 spiro atoms. The Morgan fingerprint density at radius 1 is 1.73 bits per heavy atom. The molecule has 2 nitrogen and oxygen atoms in total. The van der Waals surface area contributed by atoms with Gasteiger partial charge in [-0.1, -0.05) is 0 Å². The number of alkyl halides is 1. The maximum Gasteiger partial charge on any atom is 0.148 e. The molecule has 1 aliphatic heterocycles. The van der Waals surface area contributed by atoms with Crippen LogP contribution >= 0.6 is 12.9 Å². The molecule has 1 heterocycles. The van der Waals surface area contributed by atoms with E-state index in [4.69, 9.17) is 0 Å². The van der Waals surface area contributed by atoms with Crippen molar-refractivity contribution in [1.82, 2.24) is 4.90 Å². The van der Waals surface area contributed by atoms with Crippen LogP contribution in [0.4, 0.5) is 4.39 Å². The number of rotatable bonds is 2. The highest BCUT2D eigenvalue weighted by molar-refractivity contribution is 7.75. The van der Waals surface area contributed by atoms with E-state index in [-0.39, 0.29) is 6.61 Å². The Morgan fingerprint density at radius 3 is 3.00 bits per heavy atom. The highest BCUT2D eigenvalue weighted by Gasteiger charge is 2.34. The maximum absolute atomic E-state index is 13.6. The average Bonchev–Trinajstić information content (AvgIpc) is 1.86. The summed E-state index contributed by atoms with van der Waals surface area (Å²) in [6.45, 7) is 1.55. The Kier molecular flexibility index (Phi) is 3.16. The van der Waals surface area contributed by atoms with Gasteiger partial charge in [-0.3, -0.25) is 0 Å². The molecule has 0 aromatic carbocycles. The van der Waals surface area contributed by atoms with Crippen LogP contribution in [0.15, 0.2) is 0 Å². The van der Waals surface area contributed by atoms with Crippen LogP contribution < -0.4 is 0 Å². The minimum absolute atomic E-state index is 0.0977. The zero-order valence-electron chi connectivity index (χ0n) is 6.72. The fourth-order valence-electron chi connectivity index (χ4n) is 1.54. The summed E-state index contributed by atoms with van der Waals surface area (Å²) in [4.78, 5) is 1.98. The molecule has 0 unspecified atom stereocenters. The molecule has 1 rings (SSSR count). The summed E-state index contributed by atoms with van der Waals surface area (Å²) in [5.41, 5.74) is -1.17. The smallest absolute Gasteiger partial charge is 0.148 e. The van der Waals surface area contributed by atoms with Crippen LogP contribution in [-0.2, 0) is 4.18 Å². The van der Waals surface area contributed by atoms with E-state index in [2.05, 4.69) is 17.1 Å². The Balaban J connectivity index is 2.41. The first-order valence-corrected chi connectivity index (χ1v) is 4.17. The van der Waals surface area contributed by atoms with Crippen molar-refractivity contribution in [3.63, 3.8) is 0 Å². The lowest BCUT2D eigenvalue weighted by atomic mass is 9.96. The molecule has 0 radical (unpaired) electrons. The summed E-state index contributed by atoms with van der Waals surface area (Å²) in [7, 11) is 1.92. The predicted molar refractivity (Wildman–Crippen MR) is 45.5 cm³/mol. The lowest BCUT2D eigenvalue weighted by Gasteiger charge is -2.34. The standard InChI is InChI=1S/C7H14FNOS/c1-9-4-2-3-7(8,5-9)6-10-11/h11H,2-6H2,1H3/t7-/m0/s1. The molecule has 4 heteroatoms. The van der Waals surface area contributed by atoms with E-state index in [0.29, 0.717) is 13.0 Å². The van der Waals surface area contributed by atoms with Crippen molar-refractivity contribution < 1.29 is 8.57 Å². The van der Waals surface area contributed by atoms with E-state index in [1.165, 1.54) is 0 Å². The molecule has 0 aromatic heterocycles. The van der Waals surface area contributed by atoms with Gasteiger partial charge in [-0.25, -0.2) is 4.39 Å². The van der Waals surface area contributed by atoms with Crippen LogP contribution in [0.2, 0.25) is 0 Å². The van der Waals surface area contributed by atoms with Crippen molar-refractivity contribution in [2.24, 2.45) is 0 Å². The van der Waals surface area contributed by atoms with Crippen LogP contribution in [0.3, 0.4) is 0 Å². The van der Waals surface area contributed by atoms with Crippen LogP contribution in [0, 0.1) is 0 Å². The van der Waals surface area contributed by atoms with Crippen molar-refractivity contribution in [2.45, 2.75) is 18.5 Å². The average molecular weight is 179 g/mol. The molecule has 1 fully saturated rings. The summed E-state index contributed by atoms with van der Waals surface area (Å²) >= 11 is 3.56. The largest absolute Gasteiger partial charge is 0.315 e. The van der Waals surface area contributed by atoms with Crippen molar-refractivity contribution in [3.05, 3.63) is 0 Å². The van der Waals surface area contributed by atoms with Crippen molar-refractivity contribution in [1.29, 1.82) is 0 Å². The van der Waals surface area contributed by atoms with Crippen LogP contribution in [0.5, 0.6) is 0 Å². The van der Waals surface area contributed by atoms with E-state index in [1.54, 1.807) is 0 Å². The fraction of sp³-hybridized carbons (Fsp3) is 1.00. The van der Waals surface area contributed by atoms with Gasteiger partial charge in [0.25, 0.3) is 0 Å². The zero-order chi connectivity index (χ0) is 8.32. The minimum atomic E-state index is -1.17. The molecule has 0 bridgehead atoms. The first kappa shape index (κ1) is 9.29. The Morgan fingerprint density at radius 2 is 2.45 bits per heavy atom. The minimum Gasteiger partial charge on any atom is -0.315 e. The van der Waals surface area contributed by atoms with Gasteiger partial charge in [-0.15, -0.1) is 0 Å². The lowest BCUT2D eigenvalue weighted by Crippen LogP contribution is -2.45. The summed E-state index contributed by atoms with van der Waals surface area (Å²) in [6.07, 6.45) is 1.50. The summed E-state index contributed by atoms with van der Waals surface area (Å²) in [5, 5.41) is 0. The van der Waals surface area contributed by atoms with Gasteiger partial charge in [0, 0.05) is 6.54 Å². The number of hydrogen-bond acceptors (Lipinski definition) is 3. The molecule has 0 saturated carbocycles. The third-order valence-electron chi connectivity index (χ3n) is 2.04. The monoisotopic (exact) mass is 179 g/mol. The SMILES string of the molecule is CN1CCC[C@@](F)(COS)C1. The molecule has 0 aromatic rings. The summed E-state index contributed by atoms with van der Waals surface area (Å²) in [5.74, 6) is 0. The molecule has 11 heavy (non-hydrogen) atoms. The number of halogens is 1. The quantitative estimate of drug-likeness (QED) is 0.506. The third-order valence-corrected chi connectivity index (χ3v) is 2.17. The highest BCUT2D eigenvalue weighted by Crippen LogP contribution is 2.24. The maximum atomic E-state index is 13.6. The Bertz CT molecular complexity index is 132. The second kappa shape index (κ2) is 3.74.